The third-order valence-electron chi connectivity index (χ3n) is 4.26. The highest BCUT2D eigenvalue weighted by atomic mass is 127. The summed E-state index contributed by atoms with van der Waals surface area (Å²) in [7, 11) is 1.38. The van der Waals surface area contributed by atoms with Crippen molar-refractivity contribution < 1.29 is 9.53 Å². The summed E-state index contributed by atoms with van der Waals surface area (Å²) >= 11 is 2.27. The van der Waals surface area contributed by atoms with Crippen LogP contribution in [0.2, 0.25) is 0 Å². The Kier molecular flexibility index (Phi) is 5.95. The molecule has 2 aromatic carbocycles. The van der Waals surface area contributed by atoms with Crippen LogP contribution >= 0.6 is 22.6 Å². The van der Waals surface area contributed by atoms with E-state index in [2.05, 4.69) is 43.8 Å². The Labute approximate surface area is 172 Å². The van der Waals surface area contributed by atoms with Crippen molar-refractivity contribution >= 4 is 40.5 Å². The summed E-state index contributed by atoms with van der Waals surface area (Å²) in [4.78, 5) is 11.6. The van der Waals surface area contributed by atoms with Crippen molar-refractivity contribution in [3.05, 3.63) is 80.7 Å². The number of benzene rings is 2. The summed E-state index contributed by atoms with van der Waals surface area (Å²) in [6.07, 6.45) is 1.82. The molecule has 1 aromatic heterocycles. The summed E-state index contributed by atoms with van der Waals surface area (Å²) < 4.78 is 8.07. The summed E-state index contributed by atoms with van der Waals surface area (Å²) in [5, 5.41) is 4.35. The molecule has 0 aliphatic rings. The summed E-state index contributed by atoms with van der Waals surface area (Å²) in [5.41, 5.74) is 8.71. The van der Waals surface area contributed by atoms with E-state index in [1.807, 2.05) is 56.5 Å². The molecule has 0 bridgehead atoms. The van der Waals surface area contributed by atoms with Gasteiger partial charge in [0.05, 0.1) is 24.6 Å². The van der Waals surface area contributed by atoms with Gasteiger partial charge in [0.25, 0.3) is 0 Å². The van der Waals surface area contributed by atoms with Crippen LogP contribution in [0.1, 0.15) is 27.3 Å². The number of hydrazone groups is 1. The molecular weight excluding hydrogens is 453 g/mol. The number of halogens is 1. The fourth-order valence-corrected chi connectivity index (χ4v) is 3.24. The first-order valence-electron chi connectivity index (χ1n) is 8.42. The minimum absolute atomic E-state index is 0.336. The van der Waals surface area contributed by atoms with Crippen LogP contribution in [0.15, 0.2) is 59.7 Å². The maximum Gasteiger partial charge on any atom is 0.337 e. The number of rotatable bonds is 5. The quantitative estimate of drug-likeness (QED) is 0.248. The van der Waals surface area contributed by atoms with Crippen molar-refractivity contribution in [2.45, 2.75) is 13.8 Å². The number of nitrogens with one attached hydrogen (secondary N) is 1. The van der Waals surface area contributed by atoms with Crippen LogP contribution in [-0.4, -0.2) is 23.9 Å². The number of hydrogen-bond donors (Lipinski definition) is 1. The SMILES string of the molecule is COC(=O)c1ccc(-n2c(C)cc(/C=N\Nc3ccc(I)cc3)c2C)cc1. The Bertz CT molecular complexity index is 974. The van der Waals surface area contributed by atoms with Gasteiger partial charge in [-0.25, -0.2) is 4.79 Å². The molecule has 0 saturated carbocycles. The summed E-state index contributed by atoms with van der Waals surface area (Å²) in [5.74, 6) is -0.336. The molecule has 138 valence electrons. The molecular formula is C21H20IN3O2. The largest absolute Gasteiger partial charge is 0.465 e. The highest BCUT2D eigenvalue weighted by molar-refractivity contribution is 14.1. The maximum absolute atomic E-state index is 11.6. The first-order chi connectivity index (χ1) is 13.0. The van der Waals surface area contributed by atoms with Crippen LogP contribution < -0.4 is 5.43 Å². The molecule has 0 radical (unpaired) electrons. The molecule has 0 fully saturated rings. The predicted molar refractivity (Wildman–Crippen MR) is 117 cm³/mol. The third-order valence-corrected chi connectivity index (χ3v) is 4.98. The average molecular weight is 473 g/mol. The van der Waals surface area contributed by atoms with E-state index in [9.17, 15) is 4.79 Å². The smallest absolute Gasteiger partial charge is 0.337 e. The molecule has 0 spiro atoms. The number of aromatic nitrogens is 1. The molecule has 0 aliphatic heterocycles. The van der Waals surface area contributed by atoms with E-state index in [0.29, 0.717) is 5.56 Å². The van der Waals surface area contributed by atoms with Crippen LogP contribution in [0.4, 0.5) is 5.69 Å². The average Bonchev–Trinajstić information content (AvgIpc) is 2.96. The second-order valence-corrected chi connectivity index (χ2v) is 7.32. The van der Waals surface area contributed by atoms with E-state index in [1.165, 1.54) is 10.7 Å². The minimum Gasteiger partial charge on any atom is -0.465 e. The molecule has 27 heavy (non-hydrogen) atoms. The van der Waals surface area contributed by atoms with Gasteiger partial charge in [-0.2, -0.15) is 5.10 Å². The maximum atomic E-state index is 11.6. The molecule has 0 aliphatic carbocycles. The lowest BCUT2D eigenvalue weighted by Crippen LogP contribution is -2.03. The molecule has 3 aromatic rings. The fourth-order valence-electron chi connectivity index (χ4n) is 2.88. The van der Waals surface area contributed by atoms with Gasteiger partial charge >= 0.3 is 5.97 Å². The zero-order chi connectivity index (χ0) is 19.4. The molecule has 5 nitrogen and oxygen atoms in total. The number of anilines is 1. The Hall–Kier alpha value is -2.61. The van der Waals surface area contributed by atoms with Gasteiger partial charge in [0.15, 0.2) is 0 Å². The first kappa shape index (κ1) is 19.2. The molecule has 1 heterocycles. The van der Waals surface area contributed by atoms with Crippen molar-refractivity contribution in [1.29, 1.82) is 0 Å². The number of carbonyl (C=O) groups excluding carboxylic acids is 1. The van der Waals surface area contributed by atoms with Gasteiger partial charge in [0.1, 0.15) is 0 Å². The highest BCUT2D eigenvalue weighted by Gasteiger charge is 2.11. The second-order valence-electron chi connectivity index (χ2n) is 6.08. The van der Waals surface area contributed by atoms with Crippen molar-refractivity contribution in [2.24, 2.45) is 5.10 Å². The monoisotopic (exact) mass is 473 g/mol. The third kappa shape index (κ3) is 4.39. The molecule has 1 N–H and O–H groups in total. The zero-order valence-corrected chi connectivity index (χ0v) is 17.5. The van der Waals surface area contributed by atoms with E-state index < -0.39 is 0 Å². The lowest BCUT2D eigenvalue weighted by molar-refractivity contribution is 0.0601. The van der Waals surface area contributed by atoms with Crippen molar-refractivity contribution in [3.63, 3.8) is 0 Å². The van der Waals surface area contributed by atoms with E-state index >= 15 is 0 Å². The van der Waals surface area contributed by atoms with E-state index in [1.54, 1.807) is 12.1 Å². The first-order valence-corrected chi connectivity index (χ1v) is 9.50. The summed E-state index contributed by atoms with van der Waals surface area (Å²) in [6, 6.07) is 17.5. The minimum atomic E-state index is -0.336. The van der Waals surface area contributed by atoms with Gasteiger partial charge in [-0.15, -0.1) is 0 Å². The molecule has 0 amide bonds. The zero-order valence-electron chi connectivity index (χ0n) is 15.4. The Balaban J connectivity index is 1.81. The van der Waals surface area contributed by atoms with E-state index in [0.717, 1.165) is 28.3 Å². The molecule has 0 unspecified atom stereocenters. The Morgan fingerprint density at radius 1 is 1.11 bits per heavy atom. The lowest BCUT2D eigenvalue weighted by Gasteiger charge is -2.10. The van der Waals surface area contributed by atoms with Crippen LogP contribution in [0.3, 0.4) is 0 Å². The number of carbonyl (C=O) groups is 1. The van der Waals surface area contributed by atoms with Gasteiger partial charge in [0.2, 0.25) is 0 Å². The van der Waals surface area contributed by atoms with E-state index in [4.69, 9.17) is 4.74 Å². The summed E-state index contributed by atoms with van der Waals surface area (Å²) in [6.45, 7) is 4.10. The molecule has 6 heteroatoms. The number of ether oxygens (including phenoxy) is 1. The fraction of sp³-hybridized carbons (Fsp3) is 0.143. The van der Waals surface area contributed by atoms with Crippen LogP contribution in [-0.2, 0) is 4.74 Å². The number of nitrogens with zero attached hydrogens (tertiary/aromatic N) is 2. The van der Waals surface area contributed by atoms with Crippen molar-refractivity contribution in [3.8, 4) is 5.69 Å². The van der Waals surface area contributed by atoms with Gasteiger partial charge in [-0.05, 0) is 91.0 Å². The number of methoxy groups -OCH3 is 1. The van der Waals surface area contributed by atoms with Gasteiger partial charge < -0.3 is 9.30 Å². The Morgan fingerprint density at radius 2 is 1.78 bits per heavy atom. The highest BCUT2D eigenvalue weighted by Crippen LogP contribution is 2.20. The number of aryl methyl sites for hydroxylation is 1. The standard InChI is InChI=1S/C21H20IN3O2/c1-14-12-17(13-23-24-19-8-6-18(22)7-9-19)15(2)25(14)20-10-4-16(5-11-20)21(26)27-3/h4-13,24H,1-3H3/b23-13-. The van der Waals surface area contributed by atoms with Crippen LogP contribution in [0, 0.1) is 17.4 Å². The molecule has 0 saturated heterocycles. The van der Waals surface area contributed by atoms with Crippen LogP contribution in [0.25, 0.3) is 5.69 Å². The van der Waals surface area contributed by atoms with Crippen molar-refractivity contribution in [2.75, 3.05) is 12.5 Å². The predicted octanol–water partition coefficient (Wildman–Crippen LogP) is 4.93. The topological polar surface area (TPSA) is 55.6 Å². The Morgan fingerprint density at radius 3 is 2.41 bits per heavy atom. The number of esters is 1. The molecule has 3 rings (SSSR count). The van der Waals surface area contributed by atoms with E-state index in [-0.39, 0.29) is 5.97 Å². The normalized spacial score (nSPS) is 11.0. The van der Waals surface area contributed by atoms with Gasteiger partial charge in [-0.1, -0.05) is 0 Å². The van der Waals surface area contributed by atoms with Gasteiger partial charge in [0, 0.05) is 26.2 Å². The second kappa shape index (κ2) is 8.39. The molecule has 0 atom stereocenters. The van der Waals surface area contributed by atoms with Crippen molar-refractivity contribution in [1.82, 2.24) is 4.57 Å². The lowest BCUT2D eigenvalue weighted by atomic mass is 10.2. The van der Waals surface area contributed by atoms with Gasteiger partial charge in [-0.3, -0.25) is 5.43 Å². The van der Waals surface area contributed by atoms with Crippen LogP contribution in [0.5, 0.6) is 0 Å². The number of hydrogen-bond acceptors (Lipinski definition) is 4.